The van der Waals surface area contributed by atoms with Gasteiger partial charge in [-0.1, -0.05) is 24.3 Å². The van der Waals surface area contributed by atoms with Gasteiger partial charge in [0.15, 0.2) is 0 Å². The molecule has 0 atom stereocenters. The summed E-state index contributed by atoms with van der Waals surface area (Å²) in [6, 6.07) is 12.9. The van der Waals surface area contributed by atoms with Crippen molar-refractivity contribution in [2.24, 2.45) is 0 Å². The SMILES string of the molecule is Cc1ccc(CNc2cccc(-c3nn[nH]n3)c2)cc1F. The molecule has 0 radical (unpaired) electrons. The second kappa shape index (κ2) is 5.70. The molecular weight excluding hydrogens is 269 g/mol. The molecule has 106 valence electrons. The molecule has 0 saturated carbocycles. The number of hydrogen-bond acceptors (Lipinski definition) is 4. The minimum Gasteiger partial charge on any atom is -0.381 e. The highest BCUT2D eigenvalue weighted by Gasteiger charge is 2.04. The minimum absolute atomic E-state index is 0.185. The summed E-state index contributed by atoms with van der Waals surface area (Å²) >= 11 is 0. The molecule has 0 aliphatic heterocycles. The molecule has 3 aromatic rings. The summed E-state index contributed by atoms with van der Waals surface area (Å²) in [5.74, 6) is 0.356. The van der Waals surface area contributed by atoms with Crippen LogP contribution >= 0.6 is 0 Å². The van der Waals surface area contributed by atoms with E-state index in [0.717, 1.165) is 16.8 Å². The van der Waals surface area contributed by atoms with Gasteiger partial charge in [-0.3, -0.25) is 0 Å². The fourth-order valence-corrected chi connectivity index (χ4v) is 2.00. The summed E-state index contributed by atoms with van der Waals surface area (Å²) in [6.45, 7) is 2.30. The van der Waals surface area contributed by atoms with Crippen LogP contribution in [0.25, 0.3) is 11.4 Å². The summed E-state index contributed by atoms with van der Waals surface area (Å²) in [5.41, 5.74) is 3.32. The van der Waals surface area contributed by atoms with E-state index in [0.29, 0.717) is 17.9 Å². The number of benzene rings is 2. The van der Waals surface area contributed by atoms with E-state index in [1.807, 2.05) is 30.3 Å². The van der Waals surface area contributed by atoms with Crippen molar-refractivity contribution in [3.05, 3.63) is 59.4 Å². The third kappa shape index (κ3) is 3.05. The lowest BCUT2D eigenvalue weighted by Crippen LogP contribution is -2.00. The number of tetrazole rings is 1. The molecule has 5 nitrogen and oxygen atoms in total. The fraction of sp³-hybridized carbons (Fsp3) is 0.133. The normalized spacial score (nSPS) is 10.6. The lowest BCUT2D eigenvalue weighted by molar-refractivity contribution is 0.616. The van der Waals surface area contributed by atoms with E-state index in [1.165, 1.54) is 0 Å². The summed E-state index contributed by atoms with van der Waals surface area (Å²) < 4.78 is 13.5. The molecule has 0 bridgehead atoms. The first-order valence-corrected chi connectivity index (χ1v) is 6.55. The Kier molecular flexibility index (Phi) is 3.59. The van der Waals surface area contributed by atoms with Crippen molar-refractivity contribution in [1.29, 1.82) is 0 Å². The molecule has 1 heterocycles. The predicted molar refractivity (Wildman–Crippen MR) is 78.1 cm³/mol. The molecule has 0 aliphatic carbocycles. The Morgan fingerprint density at radius 2 is 2.10 bits per heavy atom. The third-order valence-corrected chi connectivity index (χ3v) is 3.20. The maximum absolute atomic E-state index is 13.5. The van der Waals surface area contributed by atoms with Crippen LogP contribution in [0.5, 0.6) is 0 Å². The number of H-pyrrole nitrogens is 1. The third-order valence-electron chi connectivity index (χ3n) is 3.20. The summed E-state index contributed by atoms with van der Waals surface area (Å²) in [4.78, 5) is 0. The maximum Gasteiger partial charge on any atom is 0.204 e. The van der Waals surface area contributed by atoms with Gasteiger partial charge in [0.25, 0.3) is 0 Å². The van der Waals surface area contributed by atoms with Crippen LogP contribution in [-0.2, 0) is 6.54 Å². The van der Waals surface area contributed by atoms with Crippen molar-refractivity contribution in [2.45, 2.75) is 13.5 Å². The van der Waals surface area contributed by atoms with Crippen LogP contribution in [-0.4, -0.2) is 20.6 Å². The highest BCUT2D eigenvalue weighted by Crippen LogP contribution is 2.19. The maximum atomic E-state index is 13.5. The largest absolute Gasteiger partial charge is 0.381 e. The number of anilines is 1. The van der Waals surface area contributed by atoms with Gasteiger partial charge >= 0.3 is 0 Å². The van der Waals surface area contributed by atoms with Crippen molar-refractivity contribution in [2.75, 3.05) is 5.32 Å². The van der Waals surface area contributed by atoms with Crippen molar-refractivity contribution in [1.82, 2.24) is 20.6 Å². The number of aromatic nitrogens is 4. The average Bonchev–Trinajstić information content (AvgIpc) is 3.03. The van der Waals surface area contributed by atoms with Gasteiger partial charge in [-0.25, -0.2) is 4.39 Å². The second-order valence-electron chi connectivity index (χ2n) is 4.75. The average molecular weight is 283 g/mol. The number of aryl methyl sites for hydroxylation is 1. The van der Waals surface area contributed by atoms with E-state index >= 15 is 0 Å². The van der Waals surface area contributed by atoms with Crippen molar-refractivity contribution in [3.8, 4) is 11.4 Å². The molecule has 0 saturated heterocycles. The van der Waals surface area contributed by atoms with Crippen LogP contribution in [0.3, 0.4) is 0 Å². The molecule has 0 fully saturated rings. The Hall–Kier alpha value is -2.76. The van der Waals surface area contributed by atoms with E-state index in [9.17, 15) is 4.39 Å². The van der Waals surface area contributed by atoms with Gasteiger partial charge in [0, 0.05) is 17.8 Å². The monoisotopic (exact) mass is 283 g/mol. The molecule has 6 heteroatoms. The molecule has 21 heavy (non-hydrogen) atoms. The highest BCUT2D eigenvalue weighted by atomic mass is 19.1. The standard InChI is InChI=1S/C15H14FN5/c1-10-5-6-11(7-14(10)16)9-17-13-4-2-3-12(8-13)15-18-20-21-19-15/h2-8,17H,9H2,1H3,(H,18,19,20,21). The second-order valence-corrected chi connectivity index (χ2v) is 4.75. The van der Waals surface area contributed by atoms with Crippen molar-refractivity contribution in [3.63, 3.8) is 0 Å². The topological polar surface area (TPSA) is 66.5 Å². The van der Waals surface area contributed by atoms with Crippen molar-refractivity contribution >= 4 is 5.69 Å². The molecular formula is C15H14FN5. The zero-order valence-corrected chi connectivity index (χ0v) is 11.5. The molecule has 0 amide bonds. The molecule has 2 N–H and O–H groups in total. The highest BCUT2D eigenvalue weighted by molar-refractivity contribution is 5.61. The Morgan fingerprint density at radius 1 is 1.19 bits per heavy atom. The van der Waals surface area contributed by atoms with Gasteiger partial charge in [0.05, 0.1) is 0 Å². The molecule has 0 spiro atoms. The van der Waals surface area contributed by atoms with Crippen LogP contribution in [0.1, 0.15) is 11.1 Å². The zero-order valence-electron chi connectivity index (χ0n) is 11.5. The van der Waals surface area contributed by atoms with Gasteiger partial charge in [-0.2, -0.15) is 5.21 Å². The van der Waals surface area contributed by atoms with Gasteiger partial charge in [0.2, 0.25) is 5.82 Å². The zero-order chi connectivity index (χ0) is 14.7. The lowest BCUT2D eigenvalue weighted by atomic mass is 10.1. The summed E-state index contributed by atoms with van der Waals surface area (Å²) in [6.07, 6.45) is 0. The number of hydrogen-bond donors (Lipinski definition) is 2. The van der Waals surface area contributed by atoms with E-state index in [4.69, 9.17) is 0 Å². The van der Waals surface area contributed by atoms with E-state index in [-0.39, 0.29) is 5.82 Å². The van der Waals surface area contributed by atoms with Gasteiger partial charge < -0.3 is 5.32 Å². The molecule has 2 aromatic carbocycles. The van der Waals surface area contributed by atoms with Gasteiger partial charge in [-0.05, 0) is 41.5 Å². The first kappa shape index (κ1) is 13.2. The Morgan fingerprint density at radius 3 is 2.86 bits per heavy atom. The number of rotatable bonds is 4. The molecule has 3 rings (SSSR count). The van der Waals surface area contributed by atoms with E-state index in [1.54, 1.807) is 19.1 Å². The number of nitrogens with one attached hydrogen (secondary N) is 2. The summed E-state index contributed by atoms with van der Waals surface area (Å²) in [7, 11) is 0. The minimum atomic E-state index is -0.185. The predicted octanol–water partition coefficient (Wildman–Crippen LogP) is 2.93. The van der Waals surface area contributed by atoms with Crippen LogP contribution in [0.15, 0.2) is 42.5 Å². The Bertz CT molecular complexity index is 740. The number of nitrogens with zero attached hydrogens (tertiary/aromatic N) is 3. The molecule has 0 unspecified atom stereocenters. The van der Waals surface area contributed by atoms with E-state index < -0.39 is 0 Å². The Labute approximate surface area is 121 Å². The fourth-order valence-electron chi connectivity index (χ4n) is 2.00. The van der Waals surface area contributed by atoms with Gasteiger partial charge in [0.1, 0.15) is 5.82 Å². The van der Waals surface area contributed by atoms with E-state index in [2.05, 4.69) is 25.9 Å². The van der Waals surface area contributed by atoms with Crippen LogP contribution < -0.4 is 5.32 Å². The van der Waals surface area contributed by atoms with Crippen LogP contribution in [0.2, 0.25) is 0 Å². The first-order chi connectivity index (χ1) is 10.2. The molecule has 1 aromatic heterocycles. The lowest BCUT2D eigenvalue weighted by Gasteiger charge is -2.08. The Balaban J connectivity index is 1.73. The smallest absolute Gasteiger partial charge is 0.204 e. The van der Waals surface area contributed by atoms with Gasteiger partial charge in [-0.15, -0.1) is 10.2 Å². The summed E-state index contributed by atoms with van der Waals surface area (Å²) in [5, 5.41) is 17.1. The van der Waals surface area contributed by atoms with Crippen LogP contribution in [0, 0.1) is 12.7 Å². The molecule has 0 aliphatic rings. The number of halogens is 1. The first-order valence-electron chi connectivity index (χ1n) is 6.55. The number of aromatic amines is 1. The van der Waals surface area contributed by atoms with Crippen LogP contribution in [0.4, 0.5) is 10.1 Å². The van der Waals surface area contributed by atoms with Crippen molar-refractivity contribution < 1.29 is 4.39 Å². The quantitative estimate of drug-likeness (QED) is 0.772.